The summed E-state index contributed by atoms with van der Waals surface area (Å²) >= 11 is 6.19. The zero-order chi connectivity index (χ0) is 18.7. The second-order valence-electron chi connectivity index (χ2n) is 5.95. The van der Waals surface area contributed by atoms with E-state index in [0.717, 1.165) is 11.3 Å². The number of rotatable bonds is 4. The van der Waals surface area contributed by atoms with Crippen molar-refractivity contribution in [1.82, 2.24) is 4.57 Å². The standard InChI is InChI=1S/C21H18ClNO3/c1-14-11-16(17-9-6-10-18(22)20(17)21(25)26-2)12-19(24)23(14)13-15-7-4-3-5-8-15/h3-12H,13H2,1-2H3. The lowest BCUT2D eigenvalue weighted by Gasteiger charge is -2.14. The number of methoxy groups -OCH3 is 1. The smallest absolute Gasteiger partial charge is 0.340 e. The van der Waals surface area contributed by atoms with Crippen LogP contribution in [0, 0.1) is 6.92 Å². The van der Waals surface area contributed by atoms with Crippen LogP contribution in [0.2, 0.25) is 5.02 Å². The minimum Gasteiger partial charge on any atom is -0.465 e. The molecule has 132 valence electrons. The molecule has 3 aromatic rings. The van der Waals surface area contributed by atoms with Crippen molar-refractivity contribution in [2.24, 2.45) is 0 Å². The average Bonchev–Trinajstić information content (AvgIpc) is 2.64. The molecule has 0 atom stereocenters. The Labute approximate surface area is 156 Å². The third-order valence-corrected chi connectivity index (χ3v) is 4.55. The van der Waals surface area contributed by atoms with E-state index in [0.29, 0.717) is 22.7 Å². The highest BCUT2D eigenvalue weighted by Gasteiger charge is 2.18. The van der Waals surface area contributed by atoms with Crippen molar-refractivity contribution < 1.29 is 9.53 Å². The molecule has 4 nitrogen and oxygen atoms in total. The summed E-state index contributed by atoms with van der Waals surface area (Å²) in [5.74, 6) is -0.531. The summed E-state index contributed by atoms with van der Waals surface area (Å²) in [5.41, 5.74) is 3.18. The van der Waals surface area contributed by atoms with Gasteiger partial charge in [-0.1, -0.05) is 54.1 Å². The van der Waals surface area contributed by atoms with Crippen molar-refractivity contribution in [1.29, 1.82) is 0 Å². The van der Waals surface area contributed by atoms with E-state index in [1.165, 1.54) is 13.2 Å². The largest absolute Gasteiger partial charge is 0.465 e. The van der Waals surface area contributed by atoms with E-state index in [9.17, 15) is 9.59 Å². The number of nitrogens with zero attached hydrogens (tertiary/aromatic N) is 1. The van der Waals surface area contributed by atoms with E-state index in [1.54, 1.807) is 22.8 Å². The lowest BCUT2D eigenvalue weighted by Crippen LogP contribution is -2.22. The molecule has 0 aliphatic heterocycles. The first kappa shape index (κ1) is 18.0. The van der Waals surface area contributed by atoms with Crippen LogP contribution in [0.15, 0.2) is 65.5 Å². The summed E-state index contributed by atoms with van der Waals surface area (Å²) in [4.78, 5) is 24.8. The zero-order valence-electron chi connectivity index (χ0n) is 14.5. The predicted octanol–water partition coefficient (Wildman–Crippen LogP) is 4.31. The average molecular weight is 368 g/mol. The molecule has 0 N–H and O–H groups in total. The van der Waals surface area contributed by atoms with Gasteiger partial charge in [0.15, 0.2) is 0 Å². The van der Waals surface area contributed by atoms with Crippen molar-refractivity contribution in [2.75, 3.05) is 7.11 Å². The fourth-order valence-electron chi connectivity index (χ4n) is 2.93. The van der Waals surface area contributed by atoms with Gasteiger partial charge in [-0.3, -0.25) is 4.79 Å². The van der Waals surface area contributed by atoms with E-state index < -0.39 is 5.97 Å². The molecule has 1 aromatic heterocycles. The fraction of sp³-hybridized carbons (Fsp3) is 0.143. The highest BCUT2D eigenvalue weighted by molar-refractivity contribution is 6.34. The number of carbonyl (C=O) groups is 1. The molecule has 0 amide bonds. The van der Waals surface area contributed by atoms with Gasteiger partial charge >= 0.3 is 5.97 Å². The minimum atomic E-state index is -0.531. The third kappa shape index (κ3) is 3.55. The first-order chi connectivity index (χ1) is 12.5. The van der Waals surface area contributed by atoms with Gasteiger partial charge in [0.1, 0.15) is 0 Å². The number of benzene rings is 2. The zero-order valence-corrected chi connectivity index (χ0v) is 15.3. The van der Waals surface area contributed by atoms with Gasteiger partial charge in [0, 0.05) is 11.8 Å². The number of aromatic nitrogens is 1. The monoisotopic (exact) mass is 367 g/mol. The maximum atomic E-state index is 12.7. The molecule has 0 aliphatic carbocycles. The van der Waals surface area contributed by atoms with Crippen LogP contribution < -0.4 is 5.56 Å². The van der Waals surface area contributed by atoms with E-state index >= 15 is 0 Å². The van der Waals surface area contributed by atoms with Gasteiger partial charge in [-0.15, -0.1) is 0 Å². The number of esters is 1. The number of ether oxygens (including phenoxy) is 1. The van der Waals surface area contributed by atoms with Crippen LogP contribution in [-0.4, -0.2) is 17.6 Å². The van der Waals surface area contributed by atoms with Crippen molar-refractivity contribution in [3.05, 3.63) is 92.9 Å². The maximum absolute atomic E-state index is 12.7. The molecule has 1 heterocycles. The SMILES string of the molecule is COC(=O)c1c(Cl)cccc1-c1cc(C)n(Cc2ccccc2)c(=O)c1. The van der Waals surface area contributed by atoms with E-state index in [2.05, 4.69) is 0 Å². The molecule has 0 saturated carbocycles. The Balaban J connectivity index is 2.08. The molecule has 2 aromatic carbocycles. The Bertz CT molecular complexity index is 1010. The van der Waals surface area contributed by atoms with Crippen molar-refractivity contribution in [3.63, 3.8) is 0 Å². The van der Waals surface area contributed by atoms with Gasteiger partial charge in [0.25, 0.3) is 5.56 Å². The summed E-state index contributed by atoms with van der Waals surface area (Å²) in [5, 5.41) is 0.292. The van der Waals surface area contributed by atoms with Crippen molar-refractivity contribution in [3.8, 4) is 11.1 Å². The molecule has 0 aliphatic rings. The van der Waals surface area contributed by atoms with Gasteiger partial charge < -0.3 is 9.30 Å². The molecule has 0 unspecified atom stereocenters. The predicted molar refractivity (Wildman–Crippen MR) is 103 cm³/mol. The van der Waals surface area contributed by atoms with E-state index in [-0.39, 0.29) is 11.1 Å². The molecular weight excluding hydrogens is 350 g/mol. The molecule has 3 rings (SSSR count). The Kier molecular flexibility index (Phi) is 5.24. The minimum absolute atomic E-state index is 0.139. The number of carbonyl (C=O) groups excluding carboxylic acids is 1. The molecule has 0 saturated heterocycles. The molecule has 26 heavy (non-hydrogen) atoms. The Morgan fingerprint density at radius 2 is 1.81 bits per heavy atom. The third-order valence-electron chi connectivity index (χ3n) is 4.23. The van der Waals surface area contributed by atoms with Gasteiger partial charge in [-0.25, -0.2) is 4.79 Å². The van der Waals surface area contributed by atoms with Crippen LogP contribution in [0.5, 0.6) is 0 Å². The summed E-state index contributed by atoms with van der Waals surface area (Å²) in [6.07, 6.45) is 0. The summed E-state index contributed by atoms with van der Waals surface area (Å²) in [6, 6.07) is 18.3. The normalized spacial score (nSPS) is 10.6. The second-order valence-corrected chi connectivity index (χ2v) is 6.36. The van der Waals surface area contributed by atoms with Crippen LogP contribution in [0.25, 0.3) is 11.1 Å². The van der Waals surface area contributed by atoms with Gasteiger partial charge in [-0.05, 0) is 35.7 Å². The highest BCUT2D eigenvalue weighted by atomic mass is 35.5. The first-order valence-corrected chi connectivity index (χ1v) is 8.51. The van der Waals surface area contributed by atoms with Crippen LogP contribution in [0.4, 0.5) is 0 Å². The molecule has 0 fully saturated rings. The Hall–Kier alpha value is -2.85. The van der Waals surface area contributed by atoms with Crippen molar-refractivity contribution in [2.45, 2.75) is 13.5 Å². The van der Waals surface area contributed by atoms with Crippen LogP contribution in [0.1, 0.15) is 21.6 Å². The van der Waals surface area contributed by atoms with Gasteiger partial charge in [0.05, 0.1) is 24.2 Å². The Morgan fingerprint density at radius 3 is 2.46 bits per heavy atom. The maximum Gasteiger partial charge on any atom is 0.340 e. The lowest BCUT2D eigenvalue weighted by atomic mass is 9.99. The quantitative estimate of drug-likeness (QED) is 0.645. The highest BCUT2D eigenvalue weighted by Crippen LogP contribution is 2.29. The fourth-order valence-corrected chi connectivity index (χ4v) is 3.18. The first-order valence-electron chi connectivity index (χ1n) is 8.14. The molecule has 5 heteroatoms. The topological polar surface area (TPSA) is 48.3 Å². The van der Waals surface area contributed by atoms with Crippen LogP contribution in [-0.2, 0) is 11.3 Å². The number of hydrogen-bond acceptors (Lipinski definition) is 3. The van der Waals surface area contributed by atoms with Crippen LogP contribution in [0.3, 0.4) is 0 Å². The summed E-state index contributed by atoms with van der Waals surface area (Å²) in [6.45, 7) is 2.36. The lowest BCUT2D eigenvalue weighted by molar-refractivity contribution is 0.0602. The molecule has 0 radical (unpaired) electrons. The van der Waals surface area contributed by atoms with Crippen molar-refractivity contribution >= 4 is 17.6 Å². The second kappa shape index (κ2) is 7.58. The Morgan fingerprint density at radius 1 is 1.08 bits per heavy atom. The summed E-state index contributed by atoms with van der Waals surface area (Å²) in [7, 11) is 1.30. The molecule has 0 bridgehead atoms. The van der Waals surface area contributed by atoms with E-state index in [4.69, 9.17) is 16.3 Å². The number of hydrogen-bond donors (Lipinski definition) is 0. The van der Waals surface area contributed by atoms with Crippen LogP contribution >= 0.6 is 11.6 Å². The number of pyridine rings is 1. The number of aryl methyl sites for hydroxylation is 1. The summed E-state index contributed by atoms with van der Waals surface area (Å²) < 4.78 is 6.53. The van der Waals surface area contributed by atoms with Gasteiger partial charge in [-0.2, -0.15) is 0 Å². The van der Waals surface area contributed by atoms with Gasteiger partial charge in [0.2, 0.25) is 0 Å². The molecular formula is C21H18ClNO3. The molecule has 0 spiro atoms. The van der Waals surface area contributed by atoms with E-state index in [1.807, 2.05) is 43.3 Å². The number of halogens is 1.